The minimum atomic E-state index is -0.400. The largest absolute Gasteiger partial charge is 0.494 e. The van der Waals surface area contributed by atoms with Gasteiger partial charge in [0.1, 0.15) is 17.6 Å². The highest BCUT2D eigenvalue weighted by molar-refractivity contribution is 5.70. The molecule has 1 N–H and O–H groups in total. The Morgan fingerprint density at radius 3 is 2.79 bits per heavy atom. The van der Waals surface area contributed by atoms with Crippen LogP contribution in [0, 0.1) is 5.82 Å². The summed E-state index contributed by atoms with van der Waals surface area (Å²) >= 11 is 0. The number of nitrogens with one attached hydrogen (secondary N) is 1. The summed E-state index contributed by atoms with van der Waals surface area (Å²) in [5, 5.41) is 14.0. The van der Waals surface area contributed by atoms with Crippen LogP contribution in [0.3, 0.4) is 0 Å². The molecule has 1 aromatic heterocycles. The van der Waals surface area contributed by atoms with E-state index in [9.17, 15) is 0 Å². The average Bonchev–Trinajstić information content (AvgIpc) is 3.34. The number of tetrazole rings is 1. The zero-order chi connectivity index (χ0) is 22.8. The molecule has 0 bridgehead atoms. The van der Waals surface area contributed by atoms with E-state index in [2.05, 4.69) is 20.6 Å². The fourth-order valence-electron chi connectivity index (χ4n) is 4.39. The molecule has 174 valence electrons. The van der Waals surface area contributed by atoms with Gasteiger partial charge in [-0.15, -0.1) is 10.2 Å². The van der Waals surface area contributed by atoms with Gasteiger partial charge in [-0.25, -0.2) is 4.39 Å². The first-order chi connectivity index (χ1) is 16.1. The minimum absolute atomic E-state index is 0.0688. The third-order valence-corrected chi connectivity index (χ3v) is 6.40. The number of hydrogen-bond donors (Lipinski definition) is 1. The summed E-state index contributed by atoms with van der Waals surface area (Å²) < 4.78 is 38.0. The molecule has 2 heterocycles. The molecule has 3 aromatic rings. The summed E-state index contributed by atoms with van der Waals surface area (Å²) in [6.45, 7) is 0. The van der Waals surface area contributed by atoms with Crippen molar-refractivity contribution in [3.63, 3.8) is 0 Å². The van der Waals surface area contributed by atoms with Crippen LogP contribution >= 0.6 is 0 Å². The quantitative estimate of drug-likeness (QED) is 0.552. The molecule has 1 saturated carbocycles. The summed E-state index contributed by atoms with van der Waals surface area (Å²) in [5.74, 6) is 1.88. The third kappa shape index (κ3) is 4.64. The molecule has 8 nitrogen and oxygen atoms in total. The highest BCUT2D eigenvalue weighted by Crippen LogP contribution is 2.39. The number of methoxy groups -OCH3 is 2. The second-order valence-corrected chi connectivity index (χ2v) is 8.52. The van der Waals surface area contributed by atoms with Crippen molar-refractivity contribution in [2.45, 2.75) is 56.8 Å². The molecule has 1 aliphatic heterocycles. The summed E-state index contributed by atoms with van der Waals surface area (Å²) in [7, 11) is 3.17. The Hall–Kier alpha value is -3.20. The maximum Gasteiger partial charge on any atom is 0.174 e. The van der Waals surface area contributed by atoms with Gasteiger partial charge in [-0.1, -0.05) is 11.3 Å². The number of nitrogens with zero attached hydrogens (tertiary/aromatic N) is 3. The summed E-state index contributed by atoms with van der Waals surface area (Å²) in [5.41, 5.74) is 2.29. The number of benzene rings is 2. The smallest absolute Gasteiger partial charge is 0.174 e. The van der Waals surface area contributed by atoms with E-state index >= 15 is 4.39 Å². The van der Waals surface area contributed by atoms with Gasteiger partial charge in [0, 0.05) is 38.0 Å². The van der Waals surface area contributed by atoms with E-state index in [-0.39, 0.29) is 24.1 Å². The van der Waals surface area contributed by atoms with E-state index in [1.54, 1.807) is 19.2 Å². The Labute approximate surface area is 191 Å². The van der Waals surface area contributed by atoms with Gasteiger partial charge in [0.2, 0.25) is 0 Å². The zero-order valence-electron chi connectivity index (χ0n) is 18.7. The minimum Gasteiger partial charge on any atom is -0.494 e. The molecule has 0 amide bonds. The molecule has 2 aliphatic rings. The molecule has 0 radical (unpaired) electrons. The second-order valence-electron chi connectivity index (χ2n) is 8.52. The molecule has 0 spiro atoms. The standard InChI is InChI=1S/C24H27FN4O4/c1-30-17-10-18(11-17)32-19-12-20(24(25)22(13-19)31-2)14-4-7-21-15(9-14)3-5-16(33-21)6-8-23-26-28-29-27-23/h4,7,9,12-13,16-18H,3,5-6,8,10-11H2,1-2H3,(H,26,27,28,29)/t16-,17?,18?/m1/s1. The van der Waals surface area contributed by atoms with Crippen molar-refractivity contribution in [3.8, 4) is 28.4 Å². The van der Waals surface area contributed by atoms with Crippen molar-refractivity contribution in [3.05, 3.63) is 47.5 Å². The second kappa shape index (κ2) is 9.35. The van der Waals surface area contributed by atoms with Crippen LogP contribution in [0.25, 0.3) is 11.1 Å². The molecule has 33 heavy (non-hydrogen) atoms. The van der Waals surface area contributed by atoms with Crippen LogP contribution in [-0.4, -0.2) is 53.2 Å². The van der Waals surface area contributed by atoms with Gasteiger partial charge in [0.05, 0.1) is 19.3 Å². The van der Waals surface area contributed by atoms with Gasteiger partial charge in [-0.2, -0.15) is 5.21 Å². The Morgan fingerprint density at radius 2 is 2.03 bits per heavy atom. The molecule has 0 saturated heterocycles. The number of aryl methyl sites for hydroxylation is 2. The highest BCUT2D eigenvalue weighted by Gasteiger charge is 2.31. The molecule has 2 aromatic carbocycles. The lowest BCUT2D eigenvalue weighted by molar-refractivity contribution is -0.0381. The van der Waals surface area contributed by atoms with E-state index in [1.807, 2.05) is 18.2 Å². The number of hydrogen-bond acceptors (Lipinski definition) is 7. The van der Waals surface area contributed by atoms with Gasteiger partial charge in [-0.05, 0) is 48.6 Å². The van der Waals surface area contributed by atoms with Crippen molar-refractivity contribution in [2.24, 2.45) is 0 Å². The predicted molar refractivity (Wildman–Crippen MR) is 118 cm³/mol. The maximum absolute atomic E-state index is 15.2. The molecule has 5 rings (SSSR count). The summed E-state index contributed by atoms with van der Waals surface area (Å²) in [6, 6.07) is 9.15. The van der Waals surface area contributed by atoms with Crippen LogP contribution in [0.5, 0.6) is 17.2 Å². The number of fused-ring (bicyclic) bond motifs is 1. The Kier molecular flexibility index (Phi) is 6.13. The first-order valence-corrected chi connectivity index (χ1v) is 11.2. The summed E-state index contributed by atoms with van der Waals surface area (Å²) in [6.07, 6.45) is 5.31. The average molecular weight is 455 g/mol. The van der Waals surface area contributed by atoms with E-state index in [1.165, 1.54) is 7.11 Å². The van der Waals surface area contributed by atoms with Crippen LogP contribution in [0.4, 0.5) is 4.39 Å². The SMILES string of the molecule is COc1cc(OC2CC(OC)C2)cc(-c2ccc3c(c2)CC[C@H](CCc2nn[nH]n2)O3)c1F. The van der Waals surface area contributed by atoms with Crippen molar-refractivity contribution < 1.29 is 23.3 Å². The van der Waals surface area contributed by atoms with E-state index in [0.717, 1.165) is 49.0 Å². The van der Waals surface area contributed by atoms with E-state index in [0.29, 0.717) is 23.6 Å². The number of ether oxygens (including phenoxy) is 4. The highest BCUT2D eigenvalue weighted by atomic mass is 19.1. The Bertz CT molecular complexity index is 1100. The lowest BCUT2D eigenvalue weighted by Gasteiger charge is -2.34. The van der Waals surface area contributed by atoms with Gasteiger partial charge >= 0.3 is 0 Å². The van der Waals surface area contributed by atoms with Gasteiger partial charge in [0.15, 0.2) is 17.4 Å². The van der Waals surface area contributed by atoms with Gasteiger partial charge < -0.3 is 18.9 Å². The molecular weight excluding hydrogens is 427 g/mol. The van der Waals surface area contributed by atoms with Crippen LogP contribution in [0.15, 0.2) is 30.3 Å². The fraction of sp³-hybridized carbons (Fsp3) is 0.458. The van der Waals surface area contributed by atoms with Gasteiger partial charge in [-0.3, -0.25) is 0 Å². The fourth-order valence-corrected chi connectivity index (χ4v) is 4.39. The number of aromatic nitrogens is 4. The molecule has 0 unspecified atom stereocenters. The number of aromatic amines is 1. The number of halogens is 1. The first kappa shape index (κ1) is 21.6. The first-order valence-electron chi connectivity index (χ1n) is 11.2. The van der Waals surface area contributed by atoms with Crippen molar-refractivity contribution in [1.82, 2.24) is 20.6 Å². The lowest BCUT2D eigenvalue weighted by atomic mass is 9.92. The summed E-state index contributed by atoms with van der Waals surface area (Å²) in [4.78, 5) is 0. The van der Waals surface area contributed by atoms with Crippen LogP contribution in [0.2, 0.25) is 0 Å². The molecule has 1 aliphatic carbocycles. The number of H-pyrrole nitrogens is 1. The molecular formula is C24H27FN4O4. The van der Waals surface area contributed by atoms with Crippen LogP contribution in [-0.2, 0) is 17.6 Å². The zero-order valence-corrected chi connectivity index (χ0v) is 18.7. The predicted octanol–water partition coefficient (Wildman–Crippen LogP) is 3.90. The Morgan fingerprint density at radius 1 is 1.15 bits per heavy atom. The monoisotopic (exact) mass is 454 g/mol. The van der Waals surface area contributed by atoms with E-state index in [4.69, 9.17) is 18.9 Å². The molecule has 1 fully saturated rings. The Balaban J connectivity index is 1.32. The van der Waals surface area contributed by atoms with Crippen LogP contribution < -0.4 is 14.2 Å². The molecule has 9 heteroatoms. The third-order valence-electron chi connectivity index (χ3n) is 6.40. The maximum atomic E-state index is 15.2. The normalized spacial score (nSPS) is 21.6. The van der Waals surface area contributed by atoms with Crippen molar-refractivity contribution >= 4 is 0 Å². The van der Waals surface area contributed by atoms with Crippen molar-refractivity contribution in [1.29, 1.82) is 0 Å². The lowest BCUT2D eigenvalue weighted by Crippen LogP contribution is -2.38. The van der Waals surface area contributed by atoms with Crippen molar-refractivity contribution in [2.75, 3.05) is 14.2 Å². The van der Waals surface area contributed by atoms with E-state index < -0.39 is 5.82 Å². The van der Waals surface area contributed by atoms with Crippen LogP contribution in [0.1, 0.15) is 37.1 Å². The topological polar surface area (TPSA) is 91.4 Å². The number of rotatable bonds is 8. The molecule has 1 atom stereocenters. The van der Waals surface area contributed by atoms with Gasteiger partial charge in [0.25, 0.3) is 0 Å².